The van der Waals surface area contributed by atoms with E-state index >= 15 is 0 Å². The Labute approximate surface area is 142 Å². The monoisotopic (exact) mass is 347 g/mol. The second kappa shape index (κ2) is 7.92. The minimum atomic E-state index is -3.13. The Morgan fingerprint density at radius 1 is 1.12 bits per heavy atom. The fourth-order valence-electron chi connectivity index (χ4n) is 1.94. The highest BCUT2D eigenvalue weighted by atomic mass is 32.2. The lowest BCUT2D eigenvalue weighted by Gasteiger charge is -2.10. The van der Waals surface area contributed by atoms with E-state index in [1.165, 1.54) is 0 Å². The van der Waals surface area contributed by atoms with E-state index in [2.05, 4.69) is 15.6 Å². The van der Waals surface area contributed by atoms with Crippen molar-refractivity contribution in [2.45, 2.75) is 31.4 Å². The Hall–Kier alpha value is -2.41. The summed E-state index contributed by atoms with van der Waals surface area (Å²) in [5, 5.41) is 5.03. The van der Waals surface area contributed by atoms with Gasteiger partial charge in [0.25, 0.3) is 0 Å². The van der Waals surface area contributed by atoms with E-state index in [-0.39, 0.29) is 11.8 Å². The third-order valence-corrected chi connectivity index (χ3v) is 5.65. The van der Waals surface area contributed by atoms with E-state index in [4.69, 9.17) is 0 Å². The van der Waals surface area contributed by atoms with Crippen molar-refractivity contribution in [2.24, 2.45) is 0 Å². The number of urea groups is 1. The number of rotatable bonds is 6. The number of aromatic nitrogens is 1. The van der Waals surface area contributed by atoms with Gasteiger partial charge >= 0.3 is 6.03 Å². The van der Waals surface area contributed by atoms with Crippen LogP contribution in [0.3, 0.4) is 0 Å². The predicted molar refractivity (Wildman–Crippen MR) is 94.3 cm³/mol. The van der Waals surface area contributed by atoms with Gasteiger partial charge in [-0.05, 0) is 43.2 Å². The standard InChI is InChI=1S/C17H21N3O3S/c1-13(2)24(22,23)12-14-5-7-16(8-6-14)20-17(21)19-11-15-4-3-9-18-10-15/h3-10,13H,11-12H2,1-2H3,(H2,19,20,21). The van der Waals surface area contributed by atoms with E-state index in [0.29, 0.717) is 17.8 Å². The lowest BCUT2D eigenvalue weighted by Crippen LogP contribution is -2.28. The van der Waals surface area contributed by atoms with Crippen molar-refractivity contribution < 1.29 is 13.2 Å². The molecule has 2 aromatic rings. The second-order valence-corrected chi connectivity index (χ2v) is 8.28. The molecule has 1 aromatic heterocycles. The minimum Gasteiger partial charge on any atom is -0.334 e. The molecule has 0 aliphatic heterocycles. The largest absolute Gasteiger partial charge is 0.334 e. The first-order chi connectivity index (χ1) is 11.4. The van der Waals surface area contributed by atoms with Gasteiger partial charge in [-0.1, -0.05) is 18.2 Å². The van der Waals surface area contributed by atoms with Gasteiger partial charge in [0, 0.05) is 24.6 Å². The average molecular weight is 347 g/mol. The number of benzene rings is 1. The van der Waals surface area contributed by atoms with Crippen LogP contribution < -0.4 is 10.6 Å². The van der Waals surface area contributed by atoms with Crippen molar-refractivity contribution >= 4 is 21.6 Å². The summed E-state index contributed by atoms with van der Waals surface area (Å²) in [4.78, 5) is 15.8. The highest BCUT2D eigenvalue weighted by Gasteiger charge is 2.16. The zero-order valence-corrected chi connectivity index (χ0v) is 14.5. The van der Waals surface area contributed by atoms with Gasteiger partial charge in [0.2, 0.25) is 0 Å². The van der Waals surface area contributed by atoms with Crippen molar-refractivity contribution in [3.05, 3.63) is 59.9 Å². The summed E-state index contributed by atoms with van der Waals surface area (Å²) in [7, 11) is -3.13. The first kappa shape index (κ1) is 17.9. The lowest BCUT2D eigenvalue weighted by molar-refractivity contribution is 0.251. The number of nitrogens with one attached hydrogen (secondary N) is 2. The molecular weight excluding hydrogens is 326 g/mol. The fraction of sp³-hybridized carbons (Fsp3) is 0.294. The van der Waals surface area contributed by atoms with E-state index in [0.717, 1.165) is 5.56 Å². The molecule has 7 heteroatoms. The lowest BCUT2D eigenvalue weighted by atomic mass is 10.2. The molecule has 2 rings (SSSR count). The number of carbonyl (C=O) groups excluding carboxylic acids is 1. The van der Waals surface area contributed by atoms with Gasteiger partial charge in [-0.15, -0.1) is 0 Å². The summed E-state index contributed by atoms with van der Waals surface area (Å²) in [5.41, 5.74) is 2.20. The van der Waals surface area contributed by atoms with E-state index < -0.39 is 15.1 Å². The number of anilines is 1. The molecule has 128 valence electrons. The number of hydrogen-bond acceptors (Lipinski definition) is 4. The summed E-state index contributed by atoms with van der Waals surface area (Å²) < 4.78 is 23.8. The molecular formula is C17H21N3O3S. The molecule has 0 unspecified atom stereocenters. The van der Waals surface area contributed by atoms with Crippen LogP contribution in [0.1, 0.15) is 25.0 Å². The van der Waals surface area contributed by atoms with Crippen LogP contribution in [-0.2, 0) is 22.1 Å². The van der Waals surface area contributed by atoms with Crippen molar-refractivity contribution in [1.82, 2.24) is 10.3 Å². The van der Waals surface area contributed by atoms with E-state index in [9.17, 15) is 13.2 Å². The van der Waals surface area contributed by atoms with Gasteiger partial charge < -0.3 is 10.6 Å². The molecule has 6 nitrogen and oxygen atoms in total. The number of nitrogens with zero attached hydrogens (tertiary/aromatic N) is 1. The molecule has 2 amide bonds. The van der Waals surface area contributed by atoms with E-state index in [1.807, 2.05) is 6.07 Å². The van der Waals surface area contributed by atoms with Crippen LogP contribution in [0.5, 0.6) is 0 Å². The smallest absolute Gasteiger partial charge is 0.319 e. The Morgan fingerprint density at radius 2 is 1.83 bits per heavy atom. The Bertz CT molecular complexity index is 772. The molecule has 0 saturated carbocycles. The zero-order chi connectivity index (χ0) is 17.6. The predicted octanol–water partition coefficient (Wildman–Crippen LogP) is 2.73. The molecule has 24 heavy (non-hydrogen) atoms. The fourth-order valence-corrected chi connectivity index (χ4v) is 2.93. The number of amides is 2. The van der Waals surface area contributed by atoms with Crippen LogP contribution in [0.25, 0.3) is 0 Å². The molecule has 0 aliphatic carbocycles. The summed E-state index contributed by atoms with van der Waals surface area (Å²) in [5.74, 6) is -0.00184. The van der Waals surface area contributed by atoms with Crippen LogP contribution in [0, 0.1) is 0 Å². The first-order valence-electron chi connectivity index (χ1n) is 7.61. The molecule has 0 fully saturated rings. The van der Waals surface area contributed by atoms with Gasteiger partial charge in [0.1, 0.15) is 0 Å². The van der Waals surface area contributed by atoms with Crippen LogP contribution in [0.2, 0.25) is 0 Å². The molecule has 2 N–H and O–H groups in total. The quantitative estimate of drug-likeness (QED) is 0.841. The Kier molecular flexibility index (Phi) is 5.92. The Morgan fingerprint density at radius 3 is 2.42 bits per heavy atom. The average Bonchev–Trinajstić information content (AvgIpc) is 2.55. The van der Waals surface area contributed by atoms with Crippen molar-refractivity contribution in [3.63, 3.8) is 0 Å². The molecule has 1 aromatic carbocycles. The maximum absolute atomic E-state index is 11.9. The van der Waals surface area contributed by atoms with Crippen molar-refractivity contribution in [2.75, 3.05) is 5.32 Å². The van der Waals surface area contributed by atoms with Gasteiger partial charge in [0.15, 0.2) is 9.84 Å². The van der Waals surface area contributed by atoms with Crippen LogP contribution in [-0.4, -0.2) is 24.7 Å². The van der Waals surface area contributed by atoms with Gasteiger partial charge in [-0.3, -0.25) is 4.98 Å². The summed E-state index contributed by atoms with van der Waals surface area (Å²) in [6.45, 7) is 3.71. The molecule has 0 spiro atoms. The van der Waals surface area contributed by atoms with Gasteiger partial charge in [-0.25, -0.2) is 13.2 Å². The minimum absolute atomic E-state index is 0.00184. The van der Waals surface area contributed by atoms with Crippen LogP contribution >= 0.6 is 0 Å². The third kappa shape index (κ3) is 5.34. The maximum Gasteiger partial charge on any atom is 0.319 e. The van der Waals surface area contributed by atoms with Crippen molar-refractivity contribution in [1.29, 1.82) is 0 Å². The third-order valence-electron chi connectivity index (χ3n) is 3.47. The number of carbonyl (C=O) groups is 1. The zero-order valence-electron chi connectivity index (χ0n) is 13.7. The molecule has 0 saturated heterocycles. The van der Waals surface area contributed by atoms with Gasteiger partial charge in [0.05, 0.1) is 11.0 Å². The summed E-state index contributed by atoms with van der Waals surface area (Å²) in [6.07, 6.45) is 3.36. The first-order valence-corrected chi connectivity index (χ1v) is 9.32. The highest BCUT2D eigenvalue weighted by molar-refractivity contribution is 7.91. The summed E-state index contributed by atoms with van der Waals surface area (Å²) in [6, 6.07) is 10.1. The molecule has 0 radical (unpaired) electrons. The van der Waals surface area contributed by atoms with Gasteiger partial charge in [-0.2, -0.15) is 0 Å². The van der Waals surface area contributed by atoms with Crippen LogP contribution in [0.15, 0.2) is 48.8 Å². The van der Waals surface area contributed by atoms with Crippen molar-refractivity contribution in [3.8, 4) is 0 Å². The highest BCUT2D eigenvalue weighted by Crippen LogP contribution is 2.14. The molecule has 0 aliphatic rings. The molecule has 0 atom stereocenters. The van der Waals surface area contributed by atoms with E-state index in [1.54, 1.807) is 56.6 Å². The number of sulfone groups is 1. The number of hydrogen-bond donors (Lipinski definition) is 2. The Balaban J connectivity index is 1.88. The number of pyridine rings is 1. The second-order valence-electron chi connectivity index (χ2n) is 5.72. The normalized spacial score (nSPS) is 11.3. The maximum atomic E-state index is 11.9. The SMILES string of the molecule is CC(C)S(=O)(=O)Cc1ccc(NC(=O)NCc2cccnc2)cc1. The molecule has 0 bridgehead atoms. The summed E-state index contributed by atoms with van der Waals surface area (Å²) >= 11 is 0. The molecule has 1 heterocycles. The topological polar surface area (TPSA) is 88.2 Å². The van der Waals surface area contributed by atoms with Crippen LogP contribution in [0.4, 0.5) is 10.5 Å².